The zero-order valence-corrected chi connectivity index (χ0v) is 12.7. The molecule has 2 fully saturated rings. The largest absolute Gasteiger partial charge is 0.377 e. The van der Waals surface area contributed by atoms with Crippen LogP contribution in [0.15, 0.2) is 0 Å². The fraction of sp³-hybridized carbons (Fsp3) is 1.00. The third kappa shape index (κ3) is 5.80. The first-order valence-electron chi connectivity index (χ1n) is 8.46. The minimum absolute atomic E-state index is 0.498. The number of hydrogen-bond acceptors (Lipinski definition) is 3. The molecule has 112 valence electrons. The Bertz CT molecular complexity index is 221. The summed E-state index contributed by atoms with van der Waals surface area (Å²) in [4.78, 5) is 2.54. The van der Waals surface area contributed by atoms with Crippen LogP contribution in [0.2, 0.25) is 0 Å². The van der Waals surface area contributed by atoms with E-state index in [-0.39, 0.29) is 0 Å². The molecule has 1 aliphatic carbocycles. The highest BCUT2D eigenvalue weighted by Crippen LogP contribution is 2.17. The maximum atomic E-state index is 5.74. The summed E-state index contributed by atoms with van der Waals surface area (Å²) in [6.07, 6.45) is 11.5. The standard InChI is InChI=1S/C16H32N2O/c1-2-18(14-16-10-7-13-19-16)12-11-17-15-8-5-3-4-6-9-15/h15-17H,2-14H2,1H3. The highest BCUT2D eigenvalue weighted by molar-refractivity contribution is 4.73. The smallest absolute Gasteiger partial charge is 0.0702 e. The van der Waals surface area contributed by atoms with E-state index >= 15 is 0 Å². The van der Waals surface area contributed by atoms with Crippen LogP contribution >= 0.6 is 0 Å². The van der Waals surface area contributed by atoms with Gasteiger partial charge in [0.15, 0.2) is 0 Å². The van der Waals surface area contributed by atoms with E-state index in [4.69, 9.17) is 4.74 Å². The van der Waals surface area contributed by atoms with Crippen molar-refractivity contribution in [1.29, 1.82) is 0 Å². The predicted molar refractivity (Wildman–Crippen MR) is 80.6 cm³/mol. The monoisotopic (exact) mass is 268 g/mol. The summed E-state index contributed by atoms with van der Waals surface area (Å²) >= 11 is 0. The summed E-state index contributed by atoms with van der Waals surface area (Å²) in [5.41, 5.74) is 0. The van der Waals surface area contributed by atoms with Gasteiger partial charge in [-0.15, -0.1) is 0 Å². The highest BCUT2D eigenvalue weighted by atomic mass is 16.5. The zero-order valence-electron chi connectivity index (χ0n) is 12.7. The molecule has 1 saturated carbocycles. The van der Waals surface area contributed by atoms with Gasteiger partial charge in [0.25, 0.3) is 0 Å². The molecule has 2 rings (SSSR count). The van der Waals surface area contributed by atoms with E-state index in [1.807, 2.05) is 0 Å². The van der Waals surface area contributed by atoms with Gasteiger partial charge in [0, 0.05) is 32.3 Å². The lowest BCUT2D eigenvalue weighted by atomic mass is 10.1. The minimum atomic E-state index is 0.498. The summed E-state index contributed by atoms with van der Waals surface area (Å²) in [7, 11) is 0. The summed E-state index contributed by atoms with van der Waals surface area (Å²) in [6, 6.07) is 0.781. The molecule has 0 aromatic rings. The molecule has 1 atom stereocenters. The van der Waals surface area contributed by atoms with Crippen molar-refractivity contribution in [3.8, 4) is 0 Å². The lowest BCUT2D eigenvalue weighted by Gasteiger charge is -2.25. The number of likely N-dealkylation sites (N-methyl/N-ethyl adjacent to an activating group) is 1. The first-order valence-corrected chi connectivity index (χ1v) is 8.46. The van der Waals surface area contributed by atoms with Crippen LogP contribution in [-0.4, -0.2) is 49.8 Å². The van der Waals surface area contributed by atoms with Crippen LogP contribution in [0.5, 0.6) is 0 Å². The van der Waals surface area contributed by atoms with Crippen molar-refractivity contribution in [2.24, 2.45) is 0 Å². The van der Waals surface area contributed by atoms with E-state index in [2.05, 4.69) is 17.1 Å². The Kier molecular flexibility index (Phi) is 7.18. The van der Waals surface area contributed by atoms with Gasteiger partial charge in [0.2, 0.25) is 0 Å². The molecule has 0 radical (unpaired) electrons. The van der Waals surface area contributed by atoms with Crippen molar-refractivity contribution < 1.29 is 4.74 Å². The second-order valence-corrected chi connectivity index (χ2v) is 6.17. The molecule has 0 aromatic heterocycles. The first-order chi connectivity index (χ1) is 9.38. The van der Waals surface area contributed by atoms with Crippen molar-refractivity contribution in [2.75, 3.05) is 32.8 Å². The van der Waals surface area contributed by atoms with Crippen LogP contribution in [-0.2, 0) is 4.74 Å². The van der Waals surface area contributed by atoms with Crippen LogP contribution in [0.25, 0.3) is 0 Å². The third-order valence-electron chi connectivity index (χ3n) is 4.65. The van der Waals surface area contributed by atoms with Gasteiger partial charge in [-0.25, -0.2) is 0 Å². The van der Waals surface area contributed by atoms with Crippen molar-refractivity contribution in [3.63, 3.8) is 0 Å². The second-order valence-electron chi connectivity index (χ2n) is 6.17. The van der Waals surface area contributed by atoms with E-state index in [1.165, 1.54) is 57.9 Å². The Morgan fingerprint density at radius 3 is 2.47 bits per heavy atom. The van der Waals surface area contributed by atoms with Crippen molar-refractivity contribution in [1.82, 2.24) is 10.2 Å². The van der Waals surface area contributed by atoms with Gasteiger partial charge < -0.3 is 10.1 Å². The Hall–Kier alpha value is -0.120. The lowest BCUT2D eigenvalue weighted by Crippen LogP contribution is -2.40. The molecular weight excluding hydrogens is 236 g/mol. The fourth-order valence-electron chi connectivity index (χ4n) is 3.37. The van der Waals surface area contributed by atoms with E-state index in [0.717, 1.165) is 32.3 Å². The normalized spacial score (nSPS) is 25.9. The van der Waals surface area contributed by atoms with Gasteiger partial charge in [0.05, 0.1) is 6.10 Å². The van der Waals surface area contributed by atoms with Crippen molar-refractivity contribution >= 4 is 0 Å². The van der Waals surface area contributed by atoms with E-state index in [9.17, 15) is 0 Å². The first kappa shape index (κ1) is 15.3. The number of nitrogens with one attached hydrogen (secondary N) is 1. The minimum Gasteiger partial charge on any atom is -0.377 e. The number of nitrogens with zero attached hydrogens (tertiary/aromatic N) is 1. The summed E-state index contributed by atoms with van der Waals surface area (Å²) < 4.78 is 5.74. The maximum Gasteiger partial charge on any atom is 0.0702 e. The Labute approximate surface area is 119 Å². The van der Waals surface area contributed by atoms with Crippen LogP contribution in [0.3, 0.4) is 0 Å². The van der Waals surface area contributed by atoms with Gasteiger partial charge in [0.1, 0.15) is 0 Å². The van der Waals surface area contributed by atoms with Crippen molar-refractivity contribution in [2.45, 2.75) is 70.4 Å². The molecule has 0 amide bonds. The molecule has 1 aliphatic heterocycles. The highest BCUT2D eigenvalue weighted by Gasteiger charge is 2.18. The zero-order chi connectivity index (χ0) is 13.3. The summed E-state index contributed by atoms with van der Waals surface area (Å²) in [5.74, 6) is 0. The Morgan fingerprint density at radius 1 is 1.05 bits per heavy atom. The molecule has 19 heavy (non-hydrogen) atoms. The third-order valence-corrected chi connectivity index (χ3v) is 4.65. The van der Waals surface area contributed by atoms with Gasteiger partial charge in [-0.05, 0) is 32.2 Å². The summed E-state index contributed by atoms with van der Waals surface area (Å²) in [5, 5.41) is 3.77. The summed E-state index contributed by atoms with van der Waals surface area (Å²) in [6.45, 7) is 7.83. The quantitative estimate of drug-likeness (QED) is 0.719. The van der Waals surface area contributed by atoms with Gasteiger partial charge >= 0.3 is 0 Å². The molecule has 2 aliphatic rings. The second kappa shape index (κ2) is 8.93. The van der Waals surface area contributed by atoms with Crippen LogP contribution in [0.1, 0.15) is 58.3 Å². The number of ether oxygens (including phenoxy) is 1. The molecule has 0 bridgehead atoms. The SMILES string of the molecule is CCN(CCNC1CCCCCC1)CC1CCCO1. The van der Waals surface area contributed by atoms with E-state index < -0.39 is 0 Å². The number of rotatable bonds is 7. The van der Waals surface area contributed by atoms with Crippen LogP contribution in [0, 0.1) is 0 Å². The molecule has 0 aromatic carbocycles. The molecule has 1 unspecified atom stereocenters. The Balaban J connectivity index is 1.59. The van der Waals surface area contributed by atoms with Gasteiger partial charge in [-0.3, -0.25) is 4.90 Å². The van der Waals surface area contributed by atoms with E-state index in [0.29, 0.717) is 6.10 Å². The average molecular weight is 268 g/mol. The topological polar surface area (TPSA) is 24.5 Å². The molecule has 1 N–H and O–H groups in total. The van der Waals surface area contributed by atoms with Crippen LogP contribution in [0.4, 0.5) is 0 Å². The fourth-order valence-corrected chi connectivity index (χ4v) is 3.37. The molecule has 0 spiro atoms. The van der Waals surface area contributed by atoms with Gasteiger partial charge in [-0.2, -0.15) is 0 Å². The number of hydrogen-bond donors (Lipinski definition) is 1. The van der Waals surface area contributed by atoms with Crippen molar-refractivity contribution in [3.05, 3.63) is 0 Å². The van der Waals surface area contributed by atoms with Crippen LogP contribution < -0.4 is 5.32 Å². The van der Waals surface area contributed by atoms with E-state index in [1.54, 1.807) is 0 Å². The lowest BCUT2D eigenvalue weighted by molar-refractivity contribution is 0.0748. The molecule has 3 heteroatoms. The average Bonchev–Trinajstić information content (AvgIpc) is 2.80. The maximum absolute atomic E-state index is 5.74. The molecular formula is C16H32N2O. The molecule has 1 saturated heterocycles. The molecule has 1 heterocycles. The predicted octanol–water partition coefficient (Wildman–Crippen LogP) is 2.80. The van der Waals surface area contributed by atoms with Gasteiger partial charge in [-0.1, -0.05) is 32.6 Å². The molecule has 3 nitrogen and oxygen atoms in total. The Morgan fingerprint density at radius 2 is 1.84 bits per heavy atom.